The average Bonchev–Trinajstić information content (AvgIpc) is 2.37. The maximum atomic E-state index is 11.9. The van der Waals surface area contributed by atoms with Crippen LogP contribution in [0.25, 0.3) is 0 Å². The van der Waals surface area contributed by atoms with Crippen molar-refractivity contribution in [3.63, 3.8) is 0 Å². The molecule has 0 bridgehead atoms. The van der Waals surface area contributed by atoms with Gasteiger partial charge >= 0.3 is 0 Å². The van der Waals surface area contributed by atoms with Crippen LogP contribution in [0.5, 0.6) is 0 Å². The van der Waals surface area contributed by atoms with Gasteiger partial charge in [-0.3, -0.25) is 9.78 Å². The Hall–Kier alpha value is -1.03. The van der Waals surface area contributed by atoms with Crippen LogP contribution in [0.1, 0.15) is 24.6 Å². The van der Waals surface area contributed by atoms with E-state index in [4.69, 9.17) is 0 Å². The van der Waals surface area contributed by atoms with Crippen molar-refractivity contribution in [3.8, 4) is 0 Å². The van der Waals surface area contributed by atoms with E-state index < -0.39 is 0 Å². The van der Waals surface area contributed by atoms with Crippen LogP contribution in [0.4, 0.5) is 0 Å². The quantitative estimate of drug-likeness (QED) is 0.793. The summed E-state index contributed by atoms with van der Waals surface area (Å²) in [4.78, 5) is 18.1. The lowest BCUT2D eigenvalue weighted by Gasteiger charge is -2.25. The Morgan fingerprint density at radius 2 is 2.28 bits per heavy atom. The smallest absolute Gasteiger partial charge is 0.223 e. The predicted octanol–water partition coefficient (Wildman–Crippen LogP) is 2.53. The van der Waals surface area contributed by atoms with E-state index in [9.17, 15) is 4.79 Å². The Balaban J connectivity index is 2.57. The van der Waals surface area contributed by atoms with Crippen LogP contribution in [-0.4, -0.2) is 40.9 Å². The highest BCUT2D eigenvalue weighted by molar-refractivity contribution is 7.98. The van der Waals surface area contributed by atoms with Gasteiger partial charge in [0.1, 0.15) is 0 Å². The molecule has 0 spiro atoms. The molecule has 0 fully saturated rings. The van der Waals surface area contributed by atoms with Crippen molar-refractivity contribution in [2.75, 3.05) is 19.1 Å². The molecule has 4 heteroatoms. The third kappa shape index (κ3) is 4.33. The number of carbonyl (C=O) groups excluding carboxylic acids is 1. The molecule has 1 aromatic heterocycles. The first-order valence-electron chi connectivity index (χ1n) is 6.21. The summed E-state index contributed by atoms with van der Waals surface area (Å²) in [7, 11) is 1.88. The fraction of sp³-hybridized carbons (Fsp3) is 0.571. The SMILES string of the molecule is CSCCC(=O)N(C)C(C)Cc1ncccc1C. The van der Waals surface area contributed by atoms with Crippen molar-refractivity contribution < 1.29 is 4.79 Å². The number of hydrogen-bond acceptors (Lipinski definition) is 3. The van der Waals surface area contributed by atoms with Gasteiger partial charge in [-0.05, 0) is 31.7 Å². The van der Waals surface area contributed by atoms with Crippen LogP contribution in [-0.2, 0) is 11.2 Å². The van der Waals surface area contributed by atoms with E-state index in [0.717, 1.165) is 17.9 Å². The Morgan fingerprint density at radius 1 is 1.56 bits per heavy atom. The Labute approximate surface area is 114 Å². The fourth-order valence-corrected chi connectivity index (χ4v) is 2.14. The Morgan fingerprint density at radius 3 is 2.89 bits per heavy atom. The number of aromatic nitrogens is 1. The lowest BCUT2D eigenvalue weighted by Crippen LogP contribution is -2.36. The standard InChI is InChI=1S/C14H22N2OS/c1-11-6-5-8-15-13(11)10-12(2)16(3)14(17)7-9-18-4/h5-6,8,12H,7,9-10H2,1-4H3. The number of likely N-dealkylation sites (N-methyl/N-ethyl adjacent to an activating group) is 1. The van der Waals surface area contributed by atoms with Gasteiger partial charge in [0.15, 0.2) is 0 Å². The molecule has 1 aromatic rings. The highest BCUT2D eigenvalue weighted by atomic mass is 32.2. The highest BCUT2D eigenvalue weighted by Gasteiger charge is 2.16. The van der Waals surface area contributed by atoms with Crippen LogP contribution in [0.3, 0.4) is 0 Å². The van der Waals surface area contributed by atoms with Crippen LogP contribution in [0, 0.1) is 6.92 Å². The van der Waals surface area contributed by atoms with Crippen molar-refractivity contribution in [1.29, 1.82) is 0 Å². The second-order valence-electron chi connectivity index (χ2n) is 4.57. The third-order valence-electron chi connectivity index (χ3n) is 3.18. The zero-order valence-electron chi connectivity index (χ0n) is 11.6. The fourth-order valence-electron chi connectivity index (χ4n) is 1.76. The van der Waals surface area contributed by atoms with E-state index in [2.05, 4.69) is 24.9 Å². The number of aryl methyl sites for hydroxylation is 1. The van der Waals surface area contributed by atoms with E-state index in [1.807, 2.05) is 30.5 Å². The minimum Gasteiger partial charge on any atom is -0.343 e. The number of hydrogen-bond donors (Lipinski definition) is 0. The predicted molar refractivity (Wildman–Crippen MR) is 77.9 cm³/mol. The molecule has 1 atom stereocenters. The van der Waals surface area contributed by atoms with E-state index in [0.29, 0.717) is 6.42 Å². The molecule has 0 aliphatic rings. The molecule has 18 heavy (non-hydrogen) atoms. The monoisotopic (exact) mass is 266 g/mol. The minimum atomic E-state index is 0.188. The molecular weight excluding hydrogens is 244 g/mol. The first-order chi connectivity index (χ1) is 8.56. The number of rotatable bonds is 6. The van der Waals surface area contributed by atoms with Gasteiger partial charge in [0.05, 0.1) is 0 Å². The lowest BCUT2D eigenvalue weighted by molar-refractivity contribution is -0.131. The van der Waals surface area contributed by atoms with Crippen molar-refractivity contribution in [2.24, 2.45) is 0 Å². The second-order valence-corrected chi connectivity index (χ2v) is 5.55. The van der Waals surface area contributed by atoms with E-state index >= 15 is 0 Å². The molecular formula is C14H22N2OS. The van der Waals surface area contributed by atoms with Crippen molar-refractivity contribution >= 4 is 17.7 Å². The van der Waals surface area contributed by atoms with E-state index in [1.54, 1.807) is 11.8 Å². The molecule has 3 nitrogen and oxygen atoms in total. The molecule has 0 aliphatic heterocycles. The molecule has 0 saturated carbocycles. The molecule has 1 rings (SSSR count). The molecule has 0 saturated heterocycles. The Kier molecular flexibility index (Phi) is 6.19. The number of pyridine rings is 1. The molecule has 100 valence electrons. The van der Waals surface area contributed by atoms with Crippen molar-refractivity contribution in [1.82, 2.24) is 9.88 Å². The van der Waals surface area contributed by atoms with Crippen LogP contribution < -0.4 is 0 Å². The largest absolute Gasteiger partial charge is 0.343 e. The summed E-state index contributed by atoms with van der Waals surface area (Å²) in [5.74, 6) is 1.10. The first-order valence-corrected chi connectivity index (χ1v) is 7.60. The number of nitrogens with zero attached hydrogens (tertiary/aromatic N) is 2. The maximum Gasteiger partial charge on any atom is 0.223 e. The minimum absolute atomic E-state index is 0.188. The van der Waals surface area contributed by atoms with E-state index in [-0.39, 0.29) is 11.9 Å². The molecule has 1 amide bonds. The van der Waals surface area contributed by atoms with Gasteiger partial charge in [-0.25, -0.2) is 0 Å². The van der Waals surface area contributed by atoms with Gasteiger partial charge in [0.25, 0.3) is 0 Å². The summed E-state index contributed by atoms with van der Waals surface area (Å²) in [6, 6.07) is 4.19. The molecule has 1 unspecified atom stereocenters. The van der Waals surface area contributed by atoms with Gasteiger partial charge in [0, 0.05) is 43.6 Å². The summed E-state index contributed by atoms with van der Waals surface area (Å²) in [6.45, 7) is 4.13. The highest BCUT2D eigenvalue weighted by Crippen LogP contribution is 2.11. The van der Waals surface area contributed by atoms with Gasteiger partial charge in [0.2, 0.25) is 5.91 Å². The van der Waals surface area contributed by atoms with Crippen LogP contribution in [0.15, 0.2) is 18.3 Å². The number of thioether (sulfide) groups is 1. The third-order valence-corrected chi connectivity index (χ3v) is 3.79. The molecule has 1 heterocycles. The second kappa shape index (κ2) is 7.41. The lowest BCUT2D eigenvalue weighted by atomic mass is 10.1. The summed E-state index contributed by atoms with van der Waals surface area (Å²) in [6.07, 6.45) is 5.26. The summed E-state index contributed by atoms with van der Waals surface area (Å²) in [5, 5.41) is 0. The van der Waals surface area contributed by atoms with Gasteiger partial charge in [-0.1, -0.05) is 6.07 Å². The zero-order valence-corrected chi connectivity index (χ0v) is 12.5. The zero-order chi connectivity index (χ0) is 13.5. The molecule has 0 radical (unpaired) electrons. The maximum absolute atomic E-state index is 11.9. The Bertz CT molecular complexity index is 395. The van der Waals surface area contributed by atoms with Crippen molar-refractivity contribution in [3.05, 3.63) is 29.6 Å². The van der Waals surface area contributed by atoms with Gasteiger partial charge in [-0.2, -0.15) is 11.8 Å². The molecule has 0 aliphatic carbocycles. The normalized spacial score (nSPS) is 12.2. The number of carbonyl (C=O) groups is 1. The van der Waals surface area contributed by atoms with Crippen LogP contribution >= 0.6 is 11.8 Å². The van der Waals surface area contributed by atoms with Crippen LogP contribution in [0.2, 0.25) is 0 Å². The summed E-state index contributed by atoms with van der Waals surface area (Å²) >= 11 is 1.71. The topological polar surface area (TPSA) is 33.2 Å². The molecule has 0 aromatic carbocycles. The van der Waals surface area contributed by atoms with Gasteiger partial charge < -0.3 is 4.90 Å². The molecule has 0 N–H and O–H groups in total. The first kappa shape index (κ1) is 15.0. The summed E-state index contributed by atoms with van der Waals surface area (Å²) in [5.41, 5.74) is 2.27. The van der Waals surface area contributed by atoms with E-state index in [1.165, 1.54) is 5.56 Å². The van der Waals surface area contributed by atoms with Crippen molar-refractivity contribution in [2.45, 2.75) is 32.7 Å². The number of amides is 1. The average molecular weight is 266 g/mol. The summed E-state index contributed by atoms with van der Waals surface area (Å²) < 4.78 is 0. The van der Waals surface area contributed by atoms with Gasteiger partial charge in [-0.15, -0.1) is 0 Å².